The molecule has 29 heavy (non-hydrogen) atoms. The molecule has 0 radical (unpaired) electrons. The molecule has 3 rings (SSSR count). The highest BCUT2D eigenvalue weighted by atomic mass is 19.1. The van der Waals surface area contributed by atoms with Gasteiger partial charge in [0.1, 0.15) is 11.6 Å². The summed E-state index contributed by atoms with van der Waals surface area (Å²) >= 11 is 0. The summed E-state index contributed by atoms with van der Waals surface area (Å²) < 4.78 is 18.1. The highest BCUT2D eigenvalue weighted by molar-refractivity contribution is 6.06. The predicted octanol–water partition coefficient (Wildman–Crippen LogP) is 4.74. The molecule has 5 nitrogen and oxygen atoms in total. The van der Waals surface area contributed by atoms with Gasteiger partial charge in [-0.1, -0.05) is 18.2 Å². The summed E-state index contributed by atoms with van der Waals surface area (Å²) in [5, 5.41) is 5.40. The van der Waals surface area contributed by atoms with E-state index in [-0.39, 0.29) is 17.6 Å². The molecule has 0 atom stereocenters. The maximum absolute atomic E-state index is 13.0. The first kappa shape index (κ1) is 19.8. The summed E-state index contributed by atoms with van der Waals surface area (Å²) in [5.41, 5.74) is 2.19. The van der Waals surface area contributed by atoms with Gasteiger partial charge in [0.2, 0.25) is 5.91 Å². The lowest BCUT2D eigenvalue weighted by molar-refractivity contribution is -0.111. The van der Waals surface area contributed by atoms with Gasteiger partial charge in [0, 0.05) is 23.0 Å². The lowest BCUT2D eigenvalue weighted by atomic mass is 10.1. The molecule has 0 fully saturated rings. The smallest absolute Gasteiger partial charge is 0.255 e. The first-order valence-electron chi connectivity index (χ1n) is 8.83. The molecule has 3 aromatic rings. The van der Waals surface area contributed by atoms with E-state index in [4.69, 9.17) is 4.74 Å². The van der Waals surface area contributed by atoms with E-state index < -0.39 is 0 Å². The number of benzene rings is 3. The SMILES string of the molecule is COc1ccc(/C=C/C(=O)Nc2cccc(C(=O)Nc3ccc(F)cc3)c2)cc1. The van der Waals surface area contributed by atoms with E-state index in [2.05, 4.69) is 10.6 Å². The number of rotatable bonds is 6. The van der Waals surface area contributed by atoms with E-state index in [9.17, 15) is 14.0 Å². The number of amides is 2. The van der Waals surface area contributed by atoms with Crippen LogP contribution in [-0.4, -0.2) is 18.9 Å². The van der Waals surface area contributed by atoms with Crippen LogP contribution in [0.25, 0.3) is 6.08 Å². The Labute approximate surface area is 167 Å². The summed E-state index contributed by atoms with van der Waals surface area (Å²) in [6.45, 7) is 0. The van der Waals surface area contributed by atoms with Crippen molar-refractivity contribution < 1.29 is 18.7 Å². The molecule has 6 heteroatoms. The monoisotopic (exact) mass is 390 g/mol. The molecule has 3 aromatic carbocycles. The van der Waals surface area contributed by atoms with Crippen LogP contribution in [0.15, 0.2) is 78.9 Å². The second-order valence-electron chi connectivity index (χ2n) is 6.14. The fraction of sp³-hybridized carbons (Fsp3) is 0.0435. The van der Waals surface area contributed by atoms with Gasteiger partial charge in [-0.05, 0) is 66.2 Å². The number of hydrogen-bond acceptors (Lipinski definition) is 3. The summed E-state index contributed by atoms with van der Waals surface area (Å²) in [7, 11) is 1.59. The van der Waals surface area contributed by atoms with Crippen LogP contribution < -0.4 is 15.4 Å². The van der Waals surface area contributed by atoms with Crippen molar-refractivity contribution in [2.75, 3.05) is 17.7 Å². The number of nitrogens with one attached hydrogen (secondary N) is 2. The Morgan fingerprint density at radius 2 is 1.62 bits per heavy atom. The summed E-state index contributed by atoms with van der Waals surface area (Å²) in [5.74, 6) is -0.323. The zero-order valence-corrected chi connectivity index (χ0v) is 15.7. The fourth-order valence-corrected chi connectivity index (χ4v) is 2.55. The minimum atomic E-state index is -0.379. The van der Waals surface area contributed by atoms with Gasteiger partial charge in [-0.3, -0.25) is 9.59 Å². The number of hydrogen-bond donors (Lipinski definition) is 2. The summed E-state index contributed by atoms with van der Waals surface area (Å²) in [6.07, 6.45) is 3.09. The van der Waals surface area contributed by atoms with E-state index >= 15 is 0 Å². The second kappa shape index (κ2) is 9.32. The summed E-state index contributed by atoms with van der Waals surface area (Å²) in [6, 6.07) is 19.3. The molecule has 0 aromatic heterocycles. The Kier molecular flexibility index (Phi) is 6.37. The van der Waals surface area contributed by atoms with Gasteiger partial charge in [-0.2, -0.15) is 0 Å². The van der Waals surface area contributed by atoms with Crippen molar-refractivity contribution in [1.29, 1.82) is 0 Å². The number of carbonyl (C=O) groups excluding carboxylic acids is 2. The van der Waals surface area contributed by atoms with Crippen molar-refractivity contribution in [3.8, 4) is 5.75 Å². The first-order valence-corrected chi connectivity index (χ1v) is 8.83. The first-order chi connectivity index (χ1) is 14.0. The van der Waals surface area contributed by atoms with Gasteiger partial charge in [0.05, 0.1) is 7.11 Å². The van der Waals surface area contributed by atoms with Crippen molar-refractivity contribution in [3.63, 3.8) is 0 Å². The molecule has 0 saturated carbocycles. The van der Waals surface area contributed by atoms with Crippen LogP contribution in [-0.2, 0) is 4.79 Å². The molecule has 0 aliphatic rings. The molecule has 2 amide bonds. The topological polar surface area (TPSA) is 67.4 Å². The van der Waals surface area contributed by atoms with E-state index in [1.807, 2.05) is 12.1 Å². The normalized spacial score (nSPS) is 10.6. The van der Waals surface area contributed by atoms with E-state index in [1.54, 1.807) is 49.6 Å². The van der Waals surface area contributed by atoms with E-state index in [0.717, 1.165) is 11.3 Å². The number of carbonyl (C=O) groups is 2. The maximum Gasteiger partial charge on any atom is 0.255 e. The van der Waals surface area contributed by atoms with Gasteiger partial charge in [0.15, 0.2) is 0 Å². The molecular formula is C23H19FN2O3. The van der Waals surface area contributed by atoms with Crippen LogP contribution in [0.2, 0.25) is 0 Å². The lowest BCUT2D eigenvalue weighted by Crippen LogP contribution is -2.13. The number of methoxy groups -OCH3 is 1. The zero-order valence-electron chi connectivity index (χ0n) is 15.7. The molecular weight excluding hydrogens is 371 g/mol. The van der Waals surface area contributed by atoms with Gasteiger partial charge in [-0.15, -0.1) is 0 Å². The van der Waals surface area contributed by atoms with Crippen LogP contribution in [0.3, 0.4) is 0 Å². The van der Waals surface area contributed by atoms with Gasteiger partial charge in [-0.25, -0.2) is 4.39 Å². The fourth-order valence-electron chi connectivity index (χ4n) is 2.55. The Balaban J connectivity index is 1.62. The molecule has 146 valence electrons. The lowest BCUT2D eigenvalue weighted by Gasteiger charge is -2.07. The highest BCUT2D eigenvalue weighted by Gasteiger charge is 2.08. The van der Waals surface area contributed by atoms with Crippen molar-refractivity contribution in [2.45, 2.75) is 0 Å². The molecule has 0 bridgehead atoms. The Hall–Kier alpha value is -3.93. The third-order valence-corrected chi connectivity index (χ3v) is 4.04. The van der Waals surface area contributed by atoms with Crippen molar-refractivity contribution in [1.82, 2.24) is 0 Å². The molecule has 0 saturated heterocycles. The highest BCUT2D eigenvalue weighted by Crippen LogP contribution is 2.15. The van der Waals surface area contributed by atoms with E-state index in [0.29, 0.717) is 16.9 Å². The largest absolute Gasteiger partial charge is 0.497 e. The average Bonchev–Trinajstić information content (AvgIpc) is 2.74. The van der Waals surface area contributed by atoms with Crippen LogP contribution >= 0.6 is 0 Å². The van der Waals surface area contributed by atoms with E-state index in [1.165, 1.54) is 30.3 Å². The minimum absolute atomic E-state index is 0.322. The minimum Gasteiger partial charge on any atom is -0.497 e. The van der Waals surface area contributed by atoms with Crippen molar-refractivity contribution in [3.05, 3.63) is 95.8 Å². The molecule has 0 spiro atoms. The van der Waals surface area contributed by atoms with Gasteiger partial charge in [0.25, 0.3) is 5.91 Å². The quantitative estimate of drug-likeness (QED) is 0.598. The van der Waals surface area contributed by atoms with Gasteiger partial charge < -0.3 is 15.4 Å². The summed E-state index contributed by atoms with van der Waals surface area (Å²) in [4.78, 5) is 24.5. The molecule has 2 N–H and O–H groups in total. The Morgan fingerprint density at radius 3 is 2.31 bits per heavy atom. The zero-order chi connectivity index (χ0) is 20.6. The maximum atomic E-state index is 13.0. The third kappa shape index (κ3) is 5.77. The van der Waals surface area contributed by atoms with Gasteiger partial charge >= 0.3 is 0 Å². The van der Waals surface area contributed by atoms with Crippen LogP contribution in [0.1, 0.15) is 15.9 Å². The van der Waals surface area contributed by atoms with Crippen molar-refractivity contribution in [2.24, 2.45) is 0 Å². The second-order valence-corrected chi connectivity index (χ2v) is 6.14. The number of anilines is 2. The van der Waals surface area contributed by atoms with Crippen molar-refractivity contribution >= 4 is 29.3 Å². The Morgan fingerprint density at radius 1 is 0.897 bits per heavy atom. The molecule has 0 heterocycles. The molecule has 0 aliphatic carbocycles. The Bertz CT molecular complexity index is 1030. The standard InChI is InChI=1S/C23H19FN2O3/c1-29-21-12-5-16(6-13-21)7-14-22(27)25-20-4-2-3-17(15-20)23(28)26-19-10-8-18(24)9-11-19/h2-15H,1H3,(H,25,27)(H,26,28)/b14-7+. The van der Waals surface area contributed by atoms with Crippen LogP contribution in [0, 0.1) is 5.82 Å². The third-order valence-electron chi connectivity index (χ3n) is 4.04. The molecule has 0 unspecified atom stereocenters. The van der Waals surface area contributed by atoms with Crippen LogP contribution in [0.5, 0.6) is 5.75 Å². The predicted molar refractivity (Wildman–Crippen MR) is 111 cm³/mol. The molecule has 0 aliphatic heterocycles. The number of ether oxygens (including phenoxy) is 1. The van der Waals surface area contributed by atoms with Crippen LogP contribution in [0.4, 0.5) is 15.8 Å². The number of halogens is 1. The average molecular weight is 390 g/mol.